The van der Waals surface area contributed by atoms with Crippen molar-refractivity contribution in [3.05, 3.63) is 22.9 Å². The number of allylic oxidation sites excluding steroid dienone is 1. The summed E-state index contributed by atoms with van der Waals surface area (Å²) in [5, 5.41) is 4.54. The summed E-state index contributed by atoms with van der Waals surface area (Å²) in [7, 11) is 1.52. The van der Waals surface area contributed by atoms with Crippen LogP contribution in [-0.2, 0) is 0 Å². The number of hydrogen-bond donors (Lipinski definition) is 0. The minimum atomic E-state index is -0.543. The predicted octanol–water partition coefficient (Wildman–Crippen LogP) is 1.69. The van der Waals surface area contributed by atoms with Crippen LogP contribution in [0.1, 0.15) is 6.92 Å². The van der Waals surface area contributed by atoms with Crippen molar-refractivity contribution < 1.29 is 0 Å². The molecule has 0 saturated carbocycles. The highest BCUT2D eigenvalue weighted by molar-refractivity contribution is 8.37. The molecule has 0 radical (unpaired) electrons. The van der Waals surface area contributed by atoms with Crippen molar-refractivity contribution in [2.45, 2.75) is 6.92 Å². The Balaban J connectivity index is 4.01. The van der Waals surface area contributed by atoms with Crippen molar-refractivity contribution in [2.75, 3.05) is 12.5 Å². The Hall–Kier alpha value is -0.105. The van der Waals surface area contributed by atoms with Gasteiger partial charge in [0.05, 0.1) is 0 Å². The van der Waals surface area contributed by atoms with Crippen LogP contribution in [0.2, 0.25) is 0 Å². The first-order valence-corrected chi connectivity index (χ1v) is 5.69. The van der Waals surface area contributed by atoms with Crippen LogP contribution in [0, 0.1) is 0 Å². The molecule has 2 heteroatoms. The Morgan fingerprint density at radius 2 is 1.78 bits per heavy atom. The van der Waals surface area contributed by atoms with Gasteiger partial charge in [0.25, 0.3) is 0 Å². The van der Waals surface area contributed by atoms with Crippen LogP contribution in [-0.4, -0.2) is 20.4 Å². The quantitative estimate of drug-likeness (QED) is 0.514. The molecular formula is C7H15BS. The fourth-order valence-electron chi connectivity index (χ4n) is 0.747. The topological polar surface area (TPSA) is 0 Å². The molecule has 0 amide bonds. The predicted molar refractivity (Wildman–Crippen MR) is 51.9 cm³/mol. The van der Waals surface area contributed by atoms with E-state index in [4.69, 9.17) is 0 Å². The standard InChI is InChI=1S/C7H15BS/c1-4-6-9(2,3)7-5-8/h4-7H,8H2,1-3H3/b6-4?,7-5+. The monoisotopic (exact) mass is 142 g/mol. The molecule has 9 heavy (non-hydrogen) atoms. The first kappa shape index (κ1) is 8.89. The zero-order chi connectivity index (χ0) is 7.33. The summed E-state index contributed by atoms with van der Waals surface area (Å²) >= 11 is 0. The summed E-state index contributed by atoms with van der Waals surface area (Å²) < 4.78 is 0. The summed E-state index contributed by atoms with van der Waals surface area (Å²) in [6, 6.07) is 0. The summed E-state index contributed by atoms with van der Waals surface area (Å²) in [5.41, 5.74) is 0. The maximum absolute atomic E-state index is 2.27. The van der Waals surface area contributed by atoms with Gasteiger partial charge in [0.1, 0.15) is 7.85 Å². The van der Waals surface area contributed by atoms with Gasteiger partial charge in [-0.05, 0) is 24.8 Å². The van der Waals surface area contributed by atoms with Crippen LogP contribution < -0.4 is 0 Å². The van der Waals surface area contributed by atoms with Gasteiger partial charge in [-0.25, -0.2) is 10.0 Å². The van der Waals surface area contributed by atoms with Crippen LogP contribution in [0.4, 0.5) is 0 Å². The highest BCUT2D eigenvalue weighted by Gasteiger charge is 1.97. The summed E-state index contributed by atoms with van der Waals surface area (Å²) in [6.07, 6.45) is 6.66. The van der Waals surface area contributed by atoms with Gasteiger partial charge in [-0.3, -0.25) is 0 Å². The van der Waals surface area contributed by atoms with E-state index in [1.165, 1.54) is 0 Å². The molecule has 0 saturated heterocycles. The molecule has 0 spiro atoms. The van der Waals surface area contributed by atoms with Crippen LogP contribution in [0.15, 0.2) is 22.9 Å². The Labute approximate surface area is 60.8 Å². The van der Waals surface area contributed by atoms with Gasteiger partial charge in [-0.1, -0.05) is 11.5 Å². The van der Waals surface area contributed by atoms with Crippen molar-refractivity contribution >= 4 is 17.9 Å². The van der Waals surface area contributed by atoms with Crippen LogP contribution in [0.25, 0.3) is 0 Å². The number of rotatable bonds is 2. The van der Waals surface area contributed by atoms with Crippen LogP contribution in [0.3, 0.4) is 0 Å². The maximum atomic E-state index is 2.27. The lowest BCUT2D eigenvalue weighted by atomic mass is 10.2. The highest BCUT2D eigenvalue weighted by atomic mass is 32.3. The molecule has 0 aliphatic rings. The molecule has 0 aliphatic heterocycles. The van der Waals surface area contributed by atoms with E-state index in [1.807, 2.05) is 0 Å². The van der Waals surface area contributed by atoms with E-state index >= 15 is 0 Å². The largest absolute Gasteiger partial charge is 0.208 e. The van der Waals surface area contributed by atoms with E-state index < -0.39 is 10.0 Å². The van der Waals surface area contributed by atoms with Gasteiger partial charge in [-0.15, -0.1) is 5.98 Å². The molecule has 0 rings (SSSR count). The fraction of sp³-hybridized carbons (Fsp3) is 0.429. The van der Waals surface area contributed by atoms with Gasteiger partial charge in [0.2, 0.25) is 0 Å². The Morgan fingerprint density at radius 3 is 2.11 bits per heavy atom. The van der Waals surface area contributed by atoms with E-state index in [-0.39, 0.29) is 0 Å². The van der Waals surface area contributed by atoms with Gasteiger partial charge in [0, 0.05) is 0 Å². The molecule has 0 aromatic rings. The first-order valence-electron chi connectivity index (χ1n) is 3.11. The molecule has 52 valence electrons. The zero-order valence-electron chi connectivity index (χ0n) is 6.72. The molecule has 0 aliphatic carbocycles. The minimum absolute atomic E-state index is 0.543. The molecule has 0 nitrogen and oxygen atoms in total. The third-order valence-electron chi connectivity index (χ3n) is 0.974. The molecular weight excluding hydrogens is 127 g/mol. The second kappa shape index (κ2) is 3.83. The van der Waals surface area contributed by atoms with E-state index in [2.05, 4.69) is 50.1 Å². The summed E-state index contributed by atoms with van der Waals surface area (Å²) in [4.78, 5) is 0. The molecule has 0 aromatic heterocycles. The molecule has 0 fully saturated rings. The molecule has 0 unspecified atom stereocenters. The Morgan fingerprint density at radius 1 is 1.22 bits per heavy atom. The van der Waals surface area contributed by atoms with Gasteiger partial charge in [-0.2, -0.15) is 0 Å². The van der Waals surface area contributed by atoms with Crippen molar-refractivity contribution in [3.8, 4) is 0 Å². The first-order chi connectivity index (χ1) is 4.12. The Bertz CT molecular complexity index is 111. The van der Waals surface area contributed by atoms with Crippen LogP contribution in [0.5, 0.6) is 0 Å². The minimum Gasteiger partial charge on any atom is -0.208 e. The Kier molecular flexibility index (Phi) is 3.79. The van der Waals surface area contributed by atoms with Gasteiger partial charge >= 0.3 is 0 Å². The summed E-state index contributed by atoms with van der Waals surface area (Å²) in [6.45, 7) is 2.07. The highest BCUT2D eigenvalue weighted by Crippen LogP contribution is 2.42. The molecule has 0 aromatic carbocycles. The molecule has 0 heterocycles. The fourth-order valence-corrected chi connectivity index (χ4v) is 2.24. The maximum Gasteiger partial charge on any atom is 0.130 e. The molecule has 0 N–H and O–H groups in total. The zero-order valence-corrected chi connectivity index (χ0v) is 7.53. The average Bonchev–Trinajstić information content (AvgIpc) is 1.64. The smallest absolute Gasteiger partial charge is 0.130 e. The van der Waals surface area contributed by atoms with E-state index in [0.29, 0.717) is 0 Å². The van der Waals surface area contributed by atoms with Gasteiger partial charge in [0.15, 0.2) is 0 Å². The van der Waals surface area contributed by atoms with Crippen LogP contribution >= 0.6 is 10.0 Å². The SMILES string of the molecule is B/C=C/S(C)(C)C=CC. The van der Waals surface area contributed by atoms with Crippen molar-refractivity contribution in [2.24, 2.45) is 0 Å². The lowest BCUT2D eigenvalue weighted by Gasteiger charge is -2.20. The van der Waals surface area contributed by atoms with Crippen molar-refractivity contribution in [1.82, 2.24) is 0 Å². The van der Waals surface area contributed by atoms with Crippen molar-refractivity contribution in [3.63, 3.8) is 0 Å². The normalized spacial score (nSPS) is 15.4. The molecule has 0 atom stereocenters. The number of hydrogen-bond acceptors (Lipinski definition) is 0. The lowest BCUT2D eigenvalue weighted by molar-refractivity contribution is 1.78. The summed E-state index contributed by atoms with van der Waals surface area (Å²) in [5.74, 6) is 2.12. The van der Waals surface area contributed by atoms with Gasteiger partial charge < -0.3 is 0 Å². The van der Waals surface area contributed by atoms with E-state index in [0.717, 1.165) is 0 Å². The molecule has 0 bridgehead atoms. The second-order valence-corrected chi connectivity index (χ2v) is 5.94. The third-order valence-corrected chi connectivity index (χ3v) is 2.92. The van der Waals surface area contributed by atoms with E-state index in [9.17, 15) is 0 Å². The average molecular weight is 142 g/mol. The third kappa shape index (κ3) is 4.40. The second-order valence-electron chi connectivity index (χ2n) is 2.43. The lowest BCUT2D eigenvalue weighted by Crippen LogP contribution is -1.82. The van der Waals surface area contributed by atoms with E-state index in [1.54, 1.807) is 0 Å². The van der Waals surface area contributed by atoms with Crippen molar-refractivity contribution in [1.29, 1.82) is 0 Å².